The summed E-state index contributed by atoms with van der Waals surface area (Å²) in [7, 11) is 4.17. The summed E-state index contributed by atoms with van der Waals surface area (Å²) in [6, 6.07) is 0. The lowest BCUT2D eigenvalue weighted by atomic mass is 9.81. The van der Waals surface area contributed by atoms with E-state index in [0.717, 1.165) is 86.8 Å². The summed E-state index contributed by atoms with van der Waals surface area (Å²) in [5, 5.41) is 9.46. The van der Waals surface area contributed by atoms with E-state index in [0.29, 0.717) is 31.3 Å². The highest BCUT2D eigenvalue weighted by Gasteiger charge is 2.24. The first-order chi connectivity index (χ1) is 33.6. The van der Waals surface area contributed by atoms with E-state index in [-0.39, 0.29) is 97.0 Å². The fraction of sp³-hybridized carbons (Fsp3) is 0.911. The molecule has 14 nitrogen and oxygen atoms in total. The van der Waals surface area contributed by atoms with Gasteiger partial charge in [0.05, 0.1) is 64.3 Å². The van der Waals surface area contributed by atoms with E-state index in [4.69, 9.17) is 28.4 Å². The number of rotatable bonds is 31. The molecule has 0 aromatic carbocycles. The zero-order chi connectivity index (χ0) is 51.9. The van der Waals surface area contributed by atoms with Crippen LogP contribution in [-0.2, 0) is 47.6 Å². The number of ether oxygens (including phenoxy) is 6. The molecule has 0 aromatic rings. The molecule has 0 spiro atoms. The highest BCUT2D eigenvalue weighted by atomic mass is 32.2. The third-order valence-corrected chi connectivity index (χ3v) is 14.4. The molecule has 15 heteroatoms. The van der Waals surface area contributed by atoms with Crippen molar-refractivity contribution in [3.8, 4) is 0 Å². The predicted octanol–water partition coefficient (Wildman–Crippen LogP) is 11.8. The quantitative estimate of drug-likeness (QED) is 0.0301. The maximum Gasteiger partial charge on any atom is 0.307 e. The van der Waals surface area contributed by atoms with Crippen molar-refractivity contribution in [1.82, 2.24) is 9.80 Å². The van der Waals surface area contributed by atoms with E-state index < -0.39 is 23.8 Å². The van der Waals surface area contributed by atoms with Crippen molar-refractivity contribution in [1.29, 1.82) is 0 Å². The monoisotopic (exact) mass is 1030 g/mol. The van der Waals surface area contributed by atoms with E-state index in [2.05, 4.69) is 60.5 Å². The van der Waals surface area contributed by atoms with Gasteiger partial charge >= 0.3 is 23.9 Å². The molecule has 3 rings (SSSR count). The van der Waals surface area contributed by atoms with E-state index in [1.165, 1.54) is 75.7 Å². The Morgan fingerprint density at radius 1 is 0.549 bits per heavy atom. The van der Waals surface area contributed by atoms with Gasteiger partial charge in [0.25, 0.3) is 5.24 Å². The normalized spacial score (nSPS) is 21.7. The summed E-state index contributed by atoms with van der Waals surface area (Å²) in [6.45, 7) is 15.0. The van der Waals surface area contributed by atoms with Gasteiger partial charge in [-0.2, -0.15) is 0 Å². The molecule has 0 aliphatic heterocycles. The van der Waals surface area contributed by atoms with Crippen molar-refractivity contribution in [2.45, 2.75) is 190 Å². The molecule has 0 aromatic heterocycles. The minimum Gasteiger partial charge on any atom is -0.465 e. The average molecular weight is 1030 g/mol. The number of aliphatic hydroxyl groups is 1. The second-order valence-corrected chi connectivity index (χ2v) is 21.9. The summed E-state index contributed by atoms with van der Waals surface area (Å²) >= 11 is 0.968. The second kappa shape index (κ2) is 43.9. The number of hydrogen-bond donors (Lipinski definition) is 1. The molecule has 2 unspecified atom stereocenters. The van der Waals surface area contributed by atoms with Gasteiger partial charge in [0, 0.05) is 32.5 Å². The number of carbonyl (C=O) groups is 5. The lowest BCUT2D eigenvalue weighted by Gasteiger charge is -2.26. The topological polar surface area (TPSA) is 167 Å². The molecular weight excluding hydrogens is 925 g/mol. The third-order valence-electron chi connectivity index (χ3n) is 13.8. The van der Waals surface area contributed by atoms with Gasteiger partial charge < -0.3 is 43.3 Å². The van der Waals surface area contributed by atoms with Gasteiger partial charge in [-0.15, -0.1) is 0 Å². The van der Waals surface area contributed by atoms with Crippen LogP contribution in [0.5, 0.6) is 0 Å². The van der Waals surface area contributed by atoms with E-state index in [1.54, 1.807) is 6.26 Å². The minimum atomic E-state index is -0.577. The van der Waals surface area contributed by atoms with Crippen molar-refractivity contribution in [2.75, 3.05) is 93.0 Å². The SMILES string of the molecule is C.CCC.CCCN(C)C.CSC(=O)N(CCC(=O)OCC(CO)COC(=O)CCC1CCC(C)CC1)CCC(=O)OCC(COCOCCCC1CCC(C)CC1)COC(=O)CCC1CCC(C)CC1. The van der Waals surface area contributed by atoms with Gasteiger partial charge in [0.15, 0.2) is 0 Å². The van der Waals surface area contributed by atoms with Crippen LogP contribution < -0.4 is 0 Å². The van der Waals surface area contributed by atoms with Crippen LogP contribution in [-0.4, -0.2) is 137 Å². The Morgan fingerprint density at radius 3 is 1.28 bits per heavy atom. The van der Waals surface area contributed by atoms with Gasteiger partial charge in [-0.25, -0.2) is 0 Å². The van der Waals surface area contributed by atoms with E-state index >= 15 is 0 Å². The molecule has 1 amide bonds. The molecule has 3 saturated carbocycles. The smallest absolute Gasteiger partial charge is 0.307 e. The van der Waals surface area contributed by atoms with Gasteiger partial charge in [-0.05, 0) is 94.5 Å². The summed E-state index contributed by atoms with van der Waals surface area (Å²) in [5.41, 5.74) is 0. The molecule has 0 bridgehead atoms. The van der Waals surface area contributed by atoms with Crippen LogP contribution in [0.25, 0.3) is 0 Å². The van der Waals surface area contributed by atoms with Gasteiger partial charge in [0.1, 0.15) is 6.79 Å². The molecule has 0 heterocycles. The molecule has 3 aliphatic rings. The Kier molecular flexibility index (Phi) is 42.4. The van der Waals surface area contributed by atoms with Crippen molar-refractivity contribution in [2.24, 2.45) is 47.3 Å². The molecule has 418 valence electrons. The van der Waals surface area contributed by atoms with E-state index in [9.17, 15) is 29.1 Å². The fourth-order valence-corrected chi connectivity index (χ4v) is 9.50. The second-order valence-electron chi connectivity index (χ2n) is 21.1. The van der Waals surface area contributed by atoms with Crippen LogP contribution in [0.1, 0.15) is 190 Å². The highest BCUT2D eigenvalue weighted by Crippen LogP contribution is 2.33. The first-order valence-corrected chi connectivity index (χ1v) is 28.7. The molecular formula is C56H106N2O12S. The van der Waals surface area contributed by atoms with Crippen LogP contribution in [0.15, 0.2) is 0 Å². The zero-order valence-electron chi connectivity index (χ0n) is 45.7. The standard InChI is InChI=1S/C47H81NO12S.C5H13N.C3H8.CH4/c1-35-7-13-38(14-8-35)6-5-27-55-34-56-29-42(32-59-44(51)22-20-40-17-11-37(3)12-18-40)33-60-46(53)24-26-48(47(54)61-4)25-23-45(52)58-31-41(28-49)30-57-43(50)21-19-39-15-9-36(2)10-16-39;1-4-5-6(2)3;1-3-2;/h35-42,49H,5-34H2,1-4H3;4-5H2,1-3H3;3H2,1-2H3;1H4. The number of nitrogens with zero attached hydrogens (tertiary/aromatic N) is 2. The average Bonchev–Trinajstić information content (AvgIpc) is 3.34. The van der Waals surface area contributed by atoms with Gasteiger partial charge in [-0.1, -0.05) is 144 Å². The lowest BCUT2D eigenvalue weighted by Crippen LogP contribution is -2.33. The summed E-state index contributed by atoms with van der Waals surface area (Å²) in [4.78, 5) is 66.8. The van der Waals surface area contributed by atoms with Crippen molar-refractivity contribution >= 4 is 40.9 Å². The number of amides is 1. The Labute approximate surface area is 437 Å². The van der Waals surface area contributed by atoms with Crippen molar-refractivity contribution in [3.05, 3.63) is 0 Å². The molecule has 1 N–H and O–H groups in total. The summed E-state index contributed by atoms with van der Waals surface area (Å²) in [5.74, 6) is 1.57. The Bertz CT molecular complexity index is 1350. The first-order valence-electron chi connectivity index (χ1n) is 27.5. The molecule has 3 aliphatic carbocycles. The third kappa shape index (κ3) is 37.0. The van der Waals surface area contributed by atoms with Crippen LogP contribution in [0.2, 0.25) is 0 Å². The first kappa shape index (κ1) is 68.5. The highest BCUT2D eigenvalue weighted by molar-refractivity contribution is 8.12. The minimum absolute atomic E-state index is 0. The number of carbonyl (C=O) groups excluding carboxylic acids is 5. The van der Waals surface area contributed by atoms with Gasteiger partial charge in [0.2, 0.25) is 0 Å². The van der Waals surface area contributed by atoms with Crippen molar-refractivity contribution in [3.63, 3.8) is 0 Å². The summed E-state index contributed by atoms with van der Waals surface area (Å²) in [6.07, 6.45) is 23.0. The number of hydrogen-bond acceptors (Lipinski definition) is 14. The number of esters is 4. The van der Waals surface area contributed by atoms with E-state index in [1.807, 2.05) is 0 Å². The number of thioether (sulfide) groups is 1. The van der Waals surface area contributed by atoms with Gasteiger partial charge in [-0.3, -0.25) is 24.0 Å². The number of aliphatic hydroxyl groups excluding tert-OH is 1. The molecule has 3 fully saturated rings. The Balaban J connectivity index is 0.00000448. The Morgan fingerprint density at radius 2 is 0.930 bits per heavy atom. The molecule has 0 saturated heterocycles. The molecule has 71 heavy (non-hydrogen) atoms. The zero-order valence-corrected chi connectivity index (χ0v) is 46.5. The molecule has 0 radical (unpaired) electrons. The molecule has 2 atom stereocenters. The maximum absolute atomic E-state index is 12.9. The Hall–Kier alpha value is -2.46. The fourth-order valence-electron chi connectivity index (χ4n) is 9.06. The van der Waals surface area contributed by atoms with Crippen LogP contribution in [0, 0.1) is 47.3 Å². The maximum atomic E-state index is 12.9. The predicted molar refractivity (Wildman–Crippen MR) is 287 cm³/mol. The van der Waals surface area contributed by atoms with Crippen LogP contribution >= 0.6 is 11.8 Å². The van der Waals surface area contributed by atoms with Crippen molar-refractivity contribution < 1.29 is 57.5 Å². The largest absolute Gasteiger partial charge is 0.465 e. The summed E-state index contributed by atoms with van der Waals surface area (Å²) < 4.78 is 33.4. The van der Waals surface area contributed by atoms with Crippen LogP contribution in [0.4, 0.5) is 4.79 Å². The lowest BCUT2D eigenvalue weighted by molar-refractivity contribution is -0.153. The van der Waals surface area contributed by atoms with Crippen LogP contribution in [0.3, 0.4) is 0 Å².